The molecule has 0 atom stereocenters. The number of halogens is 3. The molecule has 0 aromatic heterocycles. The molecular formula is C14H19F3N2O. The molecule has 0 aliphatic heterocycles. The highest BCUT2D eigenvalue weighted by molar-refractivity contribution is 5.90. The van der Waals surface area contributed by atoms with E-state index in [2.05, 4.69) is 10.2 Å². The van der Waals surface area contributed by atoms with E-state index in [1.54, 1.807) is 0 Å². The Balaban J connectivity index is 2.50. The van der Waals surface area contributed by atoms with Gasteiger partial charge >= 0.3 is 6.18 Å². The van der Waals surface area contributed by atoms with Gasteiger partial charge in [-0.15, -0.1) is 0 Å². The molecule has 0 saturated heterocycles. The van der Waals surface area contributed by atoms with Crippen molar-refractivity contribution in [3.05, 3.63) is 29.8 Å². The first-order valence-electron chi connectivity index (χ1n) is 6.56. The van der Waals surface area contributed by atoms with Crippen molar-refractivity contribution in [2.75, 3.05) is 25.0 Å². The number of carbonyl (C=O) groups is 1. The highest BCUT2D eigenvalue weighted by Crippen LogP contribution is 2.29. The summed E-state index contributed by atoms with van der Waals surface area (Å²) < 4.78 is 37.1. The van der Waals surface area contributed by atoms with Gasteiger partial charge in [-0.2, -0.15) is 13.2 Å². The van der Waals surface area contributed by atoms with E-state index in [0.717, 1.165) is 25.2 Å². The van der Waals surface area contributed by atoms with E-state index < -0.39 is 11.7 Å². The van der Waals surface area contributed by atoms with Crippen molar-refractivity contribution in [3.63, 3.8) is 0 Å². The van der Waals surface area contributed by atoms with Crippen LogP contribution in [0.2, 0.25) is 0 Å². The number of amides is 1. The molecule has 1 aromatic rings. The van der Waals surface area contributed by atoms with Crippen LogP contribution in [0, 0.1) is 0 Å². The molecule has 6 heteroatoms. The first kappa shape index (κ1) is 16.5. The Morgan fingerprint density at radius 3 is 2.15 bits per heavy atom. The van der Waals surface area contributed by atoms with E-state index in [1.165, 1.54) is 12.1 Å². The highest BCUT2D eigenvalue weighted by atomic mass is 19.4. The highest BCUT2D eigenvalue weighted by Gasteiger charge is 2.29. The predicted octanol–water partition coefficient (Wildman–Crippen LogP) is 3.38. The number of rotatable bonds is 6. The summed E-state index contributed by atoms with van der Waals surface area (Å²) in [6.45, 7) is 6.39. The van der Waals surface area contributed by atoms with Crippen LogP contribution in [0.4, 0.5) is 18.9 Å². The minimum absolute atomic E-state index is 0.198. The van der Waals surface area contributed by atoms with Crippen molar-refractivity contribution < 1.29 is 18.0 Å². The molecule has 0 spiro atoms. The molecule has 3 nitrogen and oxygen atoms in total. The number of hydrogen-bond acceptors (Lipinski definition) is 2. The molecule has 1 rings (SSSR count). The standard InChI is InChI=1S/C14H19F3N2O/c1-3-19(4-2)10-9-13(20)18-12-7-5-11(6-8-12)14(15,16)17/h5-8H,3-4,9-10H2,1-2H3,(H,18,20). The molecule has 1 aromatic carbocycles. The topological polar surface area (TPSA) is 32.3 Å². The maximum absolute atomic E-state index is 12.4. The fourth-order valence-corrected chi connectivity index (χ4v) is 1.77. The van der Waals surface area contributed by atoms with Crippen molar-refractivity contribution in [1.82, 2.24) is 4.90 Å². The SMILES string of the molecule is CCN(CC)CCC(=O)Nc1ccc(C(F)(F)F)cc1. The lowest BCUT2D eigenvalue weighted by atomic mass is 10.2. The Morgan fingerprint density at radius 1 is 1.15 bits per heavy atom. The number of carbonyl (C=O) groups excluding carboxylic acids is 1. The van der Waals surface area contributed by atoms with Gasteiger partial charge in [0, 0.05) is 18.7 Å². The Kier molecular flexibility index (Phi) is 6.01. The fraction of sp³-hybridized carbons (Fsp3) is 0.500. The van der Waals surface area contributed by atoms with Crippen LogP contribution in [0.3, 0.4) is 0 Å². The average molecular weight is 288 g/mol. The minimum atomic E-state index is -4.36. The number of alkyl halides is 3. The first-order valence-corrected chi connectivity index (χ1v) is 6.56. The summed E-state index contributed by atoms with van der Waals surface area (Å²) in [5.41, 5.74) is -0.346. The molecule has 0 aliphatic carbocycles. The van der Waals surface area contributed by atoms with Crippen LogP contribution in [0.15, 0.2) is 24.3 Å². The zero-order chi connectivity index (χ0) is 15.2. The van der Waals surface area contributed by atoms with Crippen LogP contribution in [0.5, 0.6) is 0 Å². The number of benzene rings is 1. The predicted molar refractivity (Wildman–Crippen MR) is 72.5 cm³/mol. The van der Waals surface area contributed by atoms with Gasteiger partial charge in [-0.05, 0) is 37.4 Å². The lowest BCUT2D eigenvalue weighted by molar-refractivity contribution is -0.137. The van der Waals surface area contributed by atoms with E-state index in [4.69, 9.17) is 0 Å². The van der Waals surface area contributed by atoms with Crippen LogP contribution in [0.25, 0.3) is 0 Å². The van der Waals surface area contributed by atoms with E-state index >= 15 is 0 Å². The summed E-state index contributed by atoms with van der Waals surface area (Å²) in [7, 11) is 0. The van der Waals surface area contributed by atoms with E-state index in [1.807, 2.05) is 13.8 Å². The zero-order valence-corrected chi connectivity index (χ0v) is 11.6. The Hall–Kier alpha value is -1.56. The second-order valence-corrected chi connectivity index (χ2v) is 4.40. The zero-order valence-electron chi connectivity index (χ0n) is 11.6. The molecule has 0 fully saturated rings. The molecule has 1 amide bonds. The fourth-order valence-electron chi connectivity index (χ4n) is 1.77. The van der Waals surface area contributed by atoms with Crippen molar-refractivity contribution in [2.24, 2.45) is 0 Å². The van der Waals surface area contributed by atoms with Gasteiger partial charge < -0.3 is 10.2 Å². The van der Waals surface area contributed by atoms with Gasteiger partial charge in [0.05, 0.1) is 5.56 Å². The summed E-state index contributed by atoms with van der Waals surface area (Å²) in [4.78, 5) is 13.8. The third-order valence-corrected chi connectivity index (χ3v) is 3.05. The molecule has 0 unspecified atom stereocenters. The lowest BCUT2D eigenvalue weighted by Gasteiger charge is -2.17. The lowest BCUT2D eigenvalue weighted by Crippen LogP contribution is -2.27. The number of nitrogens with zero attached hydrogens (tertiary/aromatic N) is 1. The Bertz CT molecular complexity index is 425. The second-order valence-electron chi connectivity index (χ2n) is 4.40. The smallest absolute Gasteiger partial charge is 0.326 e. The third-order valence-electron chi connectivity index (χ3n) is 3.05. The Labute approximate surface area is 116 Å². The van der Waals surface area contributed by atoms with Gasteiger partial charge in [0.2, 0.25) is 5.91 Å². The maximum atomic E-state index is 12.4. The number of hydrogen-bond donors (Lipinski definition) is 1. The van der Waals surface area contributed by atoms with E-state index in [9.17, 15) is 18.0 Å². The van der Waals surface area contributed by atoms with Gasteiger partial charge in [-0.25, -0.2) is 0 Å². The maximum Gasteiger partial charge on any atom is 0.416 e. The third kappa shape index (κ3) is 5.21. The van der Waals surface area contributed by atoms with Crippen LogP contribution >= 0.6 is 0 Å². The quantitative estimate of drug-likeness (QED) is 0.870. The summed E-state index contributed by atoms with van der Waals surface area (Å²) in [6, 6.07) is 4.44. The van der Waals surface area contributed by atoms with Crippen LogP contribution in [-0.4, -0.2) is 30.4 Å². The van der Waals surface area contributed by atoms with Crippen LogP contribution < -0.4 is 5.32 Å². The van der Waals surface area contributed by atoms with E-state index in [0.29, 0.717) is 18.7 Å². The average Bonchev–Trinajstić information content (AvgIpc) is 2.39. The summed E-state index contributed by atoms with van der Waals surface area (Å²) in [5, 5.41) is 2.59. The van der Waals surface area contributed by atoms with Crippen molar-refractivity contribution in [2.45, 2.75) is 26.4 Å². The normalized spacial score (nSPS) is 11.7. The van der Waals surface area contributed by atoms with Crippen LogP contribution in [-0.2, 0) is 11.0 Å². The van der Waals surface area contributed by atoms with Gasteiger partial charge in [-0.3, -0.25) is 4.79 Å². The molecular weight excluding hydrogens is 269 g/mol. The summed E-state index contributed by atoms with van der Waals surface area (Å²) in [6.07, 6.45) is -4.03. The molecule has 0 saturated carbocycles. The number of anilines is 1. The molecule has 0 aliphatic rings. The van der Waals surface area contributed by atoms with E-state index in [-0.39, 0.29) is 5.91 Å². The first-order chi connectivity index (χ1) is 9.36. The van der Waals surface area contributed by atoms with Gasteiger partial charge in [-0.1, -0.05) is 13.8 Å². The van der Waals surface area contributed by atoms with Crippen molar-refractivity contribution in [1.29, 1.82) is 0 Å². The van der Waals surface area contributed by atoms with Crippen molar-refractivity contribution >= 4 is 11.6 Å². The second kappa shape index (κ2) is 7.28. The summed E-state index contributed by atoms with van der Waals surface area (Å²) >= 11 is 0. The van der Waals surface area contributed by atoms with Crippen molar-refractivity contribution in [3.8, 4) is 0 Å². The molecule has 1 N–H and O–H groups in total. The Morgan fingerprint density at radius 2 is 1.70 bits per heavy atom. The number of nitrogens with one attached hydrogen (secondary N) is 1. The minimum Gasteiger partial charge on any atom is -0.326 e. The molecule has 20 heavy (non-hydrogen) atoms. The molecule has 0 heterocycles. The summed E-state index contributed by atoms with van der Waals surface area (Å²) in [5.74, 6) is -0.198. The largest absolute Gasteiger partial charge is 0.416 e. The van der Waals surface area contributed by atoms with Gasteiger partial charge in [0.25, 0.3) is 0 Å². The van der Waals surface area contributed by atoms with Gasteiger partial charge in [0.1, 0.15) is 0 Å². The monoisotopic (exact) mass is 288 g/mol. The molecule has 0 bridgehead atoms. The molecule has 112 valence electrons. The van der Waals surface area contributed by atoms with Gasteiger partial charge in [0.15, 0.2) is 0 Å². The van der Waals surface area contributed by atoms with Crippen LogP contribution in [0.1, 0.15) is 25.8 Å². The molecule has 0 radical (unpaired) electrons.